The molecule has 0 radical (unpaired) electrons. The van der Waals surface area contributed by atoms with Gasteiger partial charge in [-0.1, -0.05) is 0 Å². The molecule has 146 valence electrons. The van der Waals surface area contributed by atoms with Crippen LogP contribution in [0.5, 0.6) is 0 Å². The van der Waals surface area contributed by atoms with Gasteiger partial charge in [-0.05, 0) is 13.3 Å². The normalized spacial score (nSPS) is 12.0. The number of nitrogens with zero attached hydrogens (tertiary/aromatic N) is 3. The fourth-order valence-electron chi connectivity index (χ4n) is 2.03. The first-order valence-corrected chi connectivity index (χ1v) is 9.51. The summed E-state index contributed by atoms with van der Waals surface area (Å²) >= 11 is 2.68. The lowest BCUT2D eigenvalue weighted by molar-refractivity contribution is -0.140. The number of thiazole rings is 2. The Morgan fingerprint density at radius 1 is 1.08 bits per heavy atom. The summed E-state index contributed by atoms with van der Waals surface area (Å²) in [5.41, 5.74) is 0.216. The number of nitrogens with one attached hydrogen (secondary N) is 2. The van der Waals surface area contributed by atoms with Crippen molar-refractivity contribution in [1.29, 1.82) is 0 Å². The Bertz CT molecular complexity index is 700. The van der Waals surface area contributed by atoms with E-state index in [1.165, 1.54) is 0 Å². The zero-order chi connectivity index (χ0) is 18.3. The summed E-state index contributed by atoms with van der Waals surface area (Å²) in [4.78, 5) is 12.1. The minimum atomic E-state index is -4.38. The van der Waals surface area contributed by atoms with Crippen molar-refractivity contribution >= 4 is 52.6 Å². The van der Waals surface area contributed by atoms with Crippen molar-refractivity contribution in [2.45, 2.75) is 32.4 Å². The van der Waals surface area contributed by atoms with E-state index in [-0.39, 0.29) is 24.0 Å². The second-order valence-corrected chi connectivity index (χ2v) is 7.17. The van der Waals surface area contributed by atoms with Gasteiger partial charge in [0.1, 0.15) is 0 Å². The molecule has 0 spiro atoms. The molecule has 0 aliphatic carbocycles. The molecule has 2 aromatic rings. The molecule has 2 rings (SSSR count). The number of alkyl halides is 3. The van der Waals surface area contributed by atoms with Gasteiger partial charge in [0.25, 0.3) is 0 Å². The third kappa shape index (κ3) is 7.74. The number of halogens is 4. The molecular weight excluding hydrogens is 498 g/mol. The van der Waals surface area contributed by atoms with Crippen LogP contribution in [0.2, 0.25) is 0 Å². The average Bonchev–Trinajstić information content (AvgIpc) is 3.18. The lowest BCUT2D eigenvalue weighted by Gasteiger charge is -2.10. The van der Waals surface area contributed by atoms with Gasteiger partial charge < -0.3 is 10.6 Å². The Labute approximate surface area is 175 Å². The molecule has 0 fully saturated rings. The number of guanidine groups is 1. The maximum Gasteiger partial charge on any atom is 0.434 e. The Morgan fingerprint density at radius 2 is 1.73 bits per heavy atom. The smallest absolute Gasteiger partial charge is 0.356 e. The zero-order valence-electron chi connectivity index (χ0n) is 14.4. The maximum atomic E-state index is 12.5. The van der Waals surface area contributed by atoms with E-state index in [1.54, 1.807) is 18.4 Å². The van der Waals surface area contributed by atoms with E-state index in [1.807, 2.05) is 12.3 Å². The fraction of sp³-hybridized carbons (Fsp3) is 0.533. The summed E-state index contributed by atoms with van der Waals surface area (Å²) in [5.74, 6) is 0.628. The largest absolute Gasteiger partial charge is 0.434 e. The van der Waals surface area contributed by atoms with Crippen LogP contribution in [-0.2, 0) is 19.0 Å². The highest BCUT2D eigenvalue weighted by Gasteiger charge is 2.33. The molecule has 0 bridgehead atoms. The molecule has 11 heteroatoms. The van der Waals surface area contributed by atoms with E-state index in [2.05, 4.69) is 25.6 Å². The number of rotatable bonds is 7. The third-order valence-corrected chi connectivity index (χ3v) is 5.16. The maximum absolute atomic E-state index is 12.5. The topological polar surface area (TPSA) is 62.2 Å². The summed E-state index contributed by atoms with van der Waals surface area (Å²) in [7, 11) is 1.66. The molecule has 2 N–H and O–H groups in total. The molecule has 0 aromatic carbocycles. The second kappa shape index (κ2) is 11.0. The van der Waals surface area contributed by atoms with Crippen LogP contribution in [0.15, 0.2) is 15.8 Å². The van der Waals surface area contributed by atoms with Crippen LogP contribution in [0.4, 0.5) is 13.2 Å². The SMILES string of the molecule is CN=C(NCCCc1nc(C)cs1)NCCc1nc(C(F)(F)F)cs1.I. The Balaban J connectivity index is 0.00000338. The van der Waals surface area contributed by atoms with Gasteiger partial charge in [-0.3, -0.25) is 4.99 Å². The molecule has 2 heterocycles. The summed E-state index contributed by atoms with van der Waals surface area (Å²) in [6.07, 6.45) is -2.13. The highest BCUT2D eigenvalue weighted by molar-refractivity contribution is 14.0. The number of aromatic nitrogens is 2. The molecule has 2 aromatic heterocycles. The lowest BCUT2D eigenvalue weighted by atomic mass is 10.3. The van der Waals surface area contributed by atoms with Crippen LogP contribution in [0, 0.1) is 6.92 Å². The highest BCUT2D eigenvalue weighted by Crippen LogP contribution is 2.29. The van der Waals surface area contributed by atoms with Crippen molar-refractivity contribution in [3.63, 3.8) is 0 Å². The first-order valence-electron chi connectivity index (χ1n) is 7.75. The van der Waals surface area contributed by atoms with Gasteiger partial charge in [-0.15, -0.1) is 46.7 Å². The van der Waals surface area contributed by atoms with Gasteiger partial charge in [0.05, 0.1) is 10.0 Å². The van der Waals surface area contributed by atoms with Crippen molar-refractivity contribution in [3.8, 4) is 0 Å². The minimum absolute atomic E-state index is 0. The molecule has 0 saturated carbocycles. The fourth-order valence-corrected chi connectivity index (χ4v) is 3.65. The number of aryl methyl sites for hydroxylation is 2. The average molecular weight is 519 g/mol. The lowest BCUT2D eigenvalue weighted by Crippen LogP contribution is -2.38. The Hall–Kier alpha value is -0.950. The van der Waals surface area contributed by atoms with Gasteiger partial charge in [0.2, 0.25) is 0 Å². The van der Waals surface area contributed by atoms with Crippen LogP contribution in [0.1, 0.15) is 27.8 Å². The van der Waals surface area contributed by atoms with E-state index < -0.39 is 11.9 Å². The van der Waals surface area contributed by atoms with Gasteiger partial charge in [0, 0.05) is 49.4 Å². The Morgan fingerprint density at radius 3 is 2.31 bits per heavy atom. The molecule has 0 aliphatic heterocycles. The van der Waals surface area contributed by atoms with Crippen LogP contribution in [0.25, 0.3) is 0 Å². The number of hydrogen-bond acceptors (Lipinski definition) is 5. The standard InChI is InChI=1S/C15H20F3N5S2.HI/c1-10-8-24-12(22-10)4-3-6-20-14(19-2)21-7-5-13-23-11(9-25-13)15(16,17)18;/h8-9H,3-7H2,1-2H3,(H2,19,20,21);1H. The third-order valence-electron chi connectivity index (χ3n) is 3.22. The molecule has 5 nitrogen and oxygen atoms in total. The van der Waals surface area contributed by atoms with Crippen LogP contribution < -0.4 is 10.6 Å². The molecule has 0 amide bonds. The van der Waals surface area contributed by atoms with Crippen LogP contribution in [0.3, 0.4) is 0 Å². The molecule has 0 unspecified atom stereocenters. The van der Waals surface area contributed by atoms with Gasteiger partial charge in [-0.2, -0.15) is 13.2 Å². The van der Waals surface area contributed by atoms with E-state index >= 15 is 0 Å². The number of aliphatic imine (C=N–C) groups is 1. The van der Waals surface area contributed by atoms with E-state index in [0.29, 0.717) is 23.9 Å². The summed E-state index contributed by atoms with van der Waals surface area (Å²) in [6, 6.07) is 0. The predicted molar refractivity (Wildman–Crippen MR) is 111 cm³/mol. The van der Waals surface area contributed by atoms with Gasteiger partial charge in [-0.25, -0.2) is 9.97 Å². The van der Waals surface area contributed by atoms with E-state index in [0.717, 1.165) is 46.8 Å². The summed E-state index contributed by atoms with van der Waals surface area (Å²) < 4.78 is 37.5. The van der Waals surface area contributed by atoms with Crippen molar-refractivity contribution in [2.75, 3.05) is 20.1 Å². The van der Waals surface area contributed by atoms with E-state index in [9.17, 15) is 13.2 Å². The monoisotopic (exact) mass is 519 g/mol. The van der Waals surface area contributed by atoms with Gasteiger partial charge in [0.15, 0.2) is 11.7 Å². The van der Waals surface area contributed by atoms with Crippen LogP contribution in [-0.4, -0.2) is 36.1 Å². The van der Waals surface area contributed by atoms with Crippen LogP contribution >= 0.6 is 46.7 Å². The van der Waals surface area contributed by atoms with Crippen molar-refractivity contribution in [1.82, 2.24) is 20.6 Å². The molecule has 0 aliphatic rings. The Kier molecular flexibility index (Phi) is 9.79. The molecular formula is C15H21F3IN5S2. The first kappa shape index (κ1) is 23.1. The predicted octanol–water partition coefficient (Wildman–Crippen LogP) is 3.89. The zero-order valence-corrected chi connectivity index (χ0v) is 18.4. The van der Waals surface area contributed by atoms with Crippen molar-refractivity contribution < 1.29 is 13.2 Å². The summed E-state index contributed by atoms with van der Waals surface area (Å²) in [5, 5.41) is 10.9. The highest BCUT2D eigenvalue weighted by atomic mass is 127. The molecule has 26 heavy (non-hydrogen) atoms. The molecule has 0 atom stereocenters. The quantitative estimate of drug-likeness (QED) is 0.252. The van der Waals surface area contributed by atoms with Crippen molar-refractivity contribution in [3.05, 3.63) is 32.2 Å². The number of hydrogen-bond donors (Lipinski definition) is 2. The minimum Gasteiger partial charge on any atom is -0.356 e. The van der Waals surface area contributed by atoms with Crippen molar-refractivity contribution in [2.24, 2.45) is 4.99 Å². The molecule has 0 saturated heterocycles. The van der Waals surface area contributed by atoms with Gasteiger partial charge >= 0.3 is 6.18 Å². The van der Waals surface area contributed by atoms with E-state index in [4.69, 9.17) is 0 Å². The second-order valence-electron chi connectivity index (χ2n) is 5.29. The first-order chi connectivity index (χ1) is 11.9. The summed E-state index contributed by atoms with van der Waals surface area (Å²) in [6.45, 7) is 3.19.